The SMILES string of the molecule is C[C@@H]1C[C@@H](NCCCO)CC(C)(C)C1. The largest absolute Gasteiger partial charge is 0.396 e. The summed E-state index contributed by atoms with van der Waals surface area (Å²) in [6, 6.07) is 0.667. The Balaban J connectivity index is 2.30. The van der Waals surface area contributed by atoms with Crippen molar-refractivity contribution < 1.29 is 5.11 Å². The smallest absolute Gasteiger partial charge is 0.0443 e. The van der Waals surface area contributed by atoms with Crippen LogP contribution in [0.1, 0.15) is 46.5 Å². The van der Waals surface area contributed by atoms with E-state index in [-0.39, 0.29) is 0 Å². The first kappa shape index (κ1) is 12.0. The van der Waals surface area contributed by atoms with Crippen LogP contribution in [0.2, 0.25) is 0 Å². The maximum Gasteiger partial charge on any atom is 0.0443 e. The van der Waals surface area contributed by atoms with Crippen molar-refractivity contribution in [1.82, 2.24) is 5.32 Å². The van der Waals surface area contributed by atoms with E-state index in [0.717, 1.165) is 18.9 Å². The highest BCUT2D eigenvalue weighted by molar-refractivity contribution is 4.86. The van der Waals surface area contributed by atoms with Crippen LogP contribution < -0.4 is 5.32 Å². The first-order valence-corrected chi connectivity index (χ1v) is 5.88. The lowest BCUT2D eigenvalue weighted by Gasteiger charge is -2.39. The van der Waals surface area contributed by atoms with Crippen LogP contribution in [0, 0.1) is 11.3 Å². The van der Waals surface area contributed by atoms with Gasteiger partial charge < -0.3 is 10.4 Å². The normalized spacial score (nSPS) is 31.7. The molecule has 0 saturated heterocycles. The van der Waals surface area contributed by atoms with E-state index in [1.807, 2.05) is 0 Å². The van der Waals surface area contributed by atoms with E-state index < -0.39 is 0 Å². The van der Waals surface area contributed by atoms with Crippen LogP contribution in [-0.2, 0) is 0 Å². The molecule has 0 aromatic rings. The molecule has 0 aromatic heterocycles. The Labute approximate surface area is 88.1 Å². The average molecular weight is 199 g/mol. The second kappa shape index (κ2) is 5.13. The first-order chi connectivity index (χ1) is 6.53. The zero-order chi connectivity index (χ0) is 10.6. The summed E-state index contributed by atoms with van der Waals surface area (Å²) in [6.45, 7) is 8.34. The van der Waals surface area contributed by atoms with E-state index in [0.29, 0.717) is 18.1 Å². The first-order valence-electron chi connectivity index (χ1n) is 5.88. The average Bonchev–Trinajstić information content (AvgIpc) is 2.00. The fourth-order valence-corrected chi connectivity index (χ4v) is 2.89. The van der Waals surface area contributed by atoms with Crippen LogP contribution in [-0.4, -0.2) is 24.3 Å². The second-order valence-electron chi connectivity index (χ2n) is 5.64. The molecule has 1 rings (SSSR count). The minimum Gasteiger partial charge on any atom is -0.396 e. The van der Waals surface area contributed by atoms with Gasteiger partial charge in [0, 0.05) is 12.6 Å². The summed E-state index contributed by atoms with van der Waals surface area (Å²) in [7, 11) is 0. The Morgan fingerprint density at radius 3 is 2.64 bits per heavy atom. The third kappa shape index (κ3) is 3.97. The zero-order valence-corrected chi connectivity index (χ0v) is 9.84. The van der Waals surface area contributed by atoms with Crippen molar-refractivity contribution >= 4 is 0 Å². The lowest BCUT2D eigenvalue weighted by molar-refractivity contribution is 0.150. The van der Waals surface area contributed by atoms with Gasteiger partial charge in [0.05, 0.1) is 0 Å². The summed E-state index contributed by atoms with van der Waals surface area (Å²) in [6.07, 6.45) is 4.81. The van der Waals surface area contributed by atoms with Gasteiger partial charge in [-0.25, -0.2) is 0 Å². The van der Waals surface area contributed by atoms with Crippen LogP contribution in [0.15, 0.2) is 0 Å². The number of hydrogen-bond donors (Lipinski definition) is 2. The summed E-state index contributed by atoms with van der Waals surface area (Å²) in [5, 5.41) is 12.3. The molecule has 84 valence electrons. The quantitative estimate of drug-likeness (QED) is 0.680. The van der Waals surface area contributed by atoms with Gasteiger partial charge in [-0.2, -0.15) is 0 Å². The number of nitrogens with one attached hydrogen (secondary N) is 1. The van der Waals surface area contributed by atoms with Crippen molar-refractivity contribution in [3.63, 3.8) is 0 Å². The molecular formula is C12H25NO. The van der Waals surface area contributed by atoms with Crippen LogP contribution in [0.5, 0.6) is 0 Å². The second-order valence-corrected chi connectivity index (χ2v) is 5.64. The predicted octanol–water partition coefficient (Wildman–Crippen LogP) is 2.17. The molecule has 0 bridgehead atoms. The van der Waals surface area contributed by atoms with E-state index in [1.54, 1.807) is 0 Å². The molecule has 0 heterocycles. The summed E-state index contributed by atoms with van der Waals surface area (Å²) in [5.74, 6) is 0.838. The van der Waals surface area contributed by atoms with E-state index in [2.05, 4.69) is 26.1 Å². The Kier molecular flexibility index (Phi) is 4.39. The monoisotopic (exact) mass is 199 g/mol. The molecule has 0 aliphatic heterocycles. The van der Waals surface area contributed by atoms with Gasteiger partial charge in [-0.15, -0.1) is 0 Å². The van der Waals surface area contributed by atoms with Crippen molar-refractivity contribution in [2.45, 2.75) is 52.5 Å². The molecule has 0 radical (unpaired) electrons. The zero-order valence-electron chi connectivity index (χ0n) is 9.84. The molecule has 1 saturated carbocycles. The predicted molar refractivity (Wildman–Crippen MR) is 60.3 cm³/mol. The third-order valence-corrected chi connectivity index (χ3v) is 3.15. The Bertz CT molecular complexity index is 168. The maximum atomic E-state index is 8.71. The molecule has 2 heteroatoms. The van der Waals surface area contributed by atoms with E-state index in [1.165, 1.54) is 19.3 Å². The summed E-state index contributed by atoms with van der Waals surface area (Å²) in [4.78, 5) is 0. The van der Waals surface area contributed by atoms with Gasteiger partial charge in [-0.05, 0) is 43.6 Å². The molecule has 2 nitrogen and oxygen atoms in total. The lowest BCUT2D eigenvalue weighted by Crippen LogP contribution is -2.40. The molecule has 0 unspecified atom stereocenters. The highest BCUT2D eigenvalue weighted by atomic mass is 16.3. The van der Waals surface area contributed by atoms with Crippen LogP contribution in [0.25, 0.3) is 0 Å². The molecule has 1 aliphatic carbocycles. The Hall–Kier alpha value is -0.0800. The summed E-state index contributed by atoms with van der Waals surface area (Å²) in [5.41, 5.74) is 0.495. The molecule has 1 aliphatic rings. The molecule has 2 atom stereocenters. The minimum atomic E-state index is 0.304. The lowest BCUT2D eigenvalue weighted by atomic mass is 9.70. The van der Waals surface area contributed by atoms with Crippen molar-refractivity contribution in [2.75, 3.05) is 13.2 Å². The van der Waals surface area contributed by atoms with Crippen molar-refractivity contribution in [3.05, 3.63) is 0 Å². The summed E-state index contributed by atoms with van der Waals surface area (Å²) >= 11 is 0. The summed E-state index contributed by atoms with van der Waals surface area (Å²) < 4.78 is 0. The third-order valence-electron chi connectivity index (χ3n) is 3.15. The Morgan fingerprint density at radius 2 is 2.07 bits per heavy atom. The molecule has 0 amide bonds. The van der Waals surface area contributed by atoms with Gasteiger partial charge in [0.25, 0.3) is 0 Å². The van der Waals surface area contributed by atoms with Crippen LogP contribution in [0.3, 0.4) is 0 Å². The van der Waals surface area contributed by atoms with Crippen LogP contribution >= 0.6 is 0 Å². The van der Waals surface area contributed by atoms with Gasteiger partial charge in [0.1, 0.15) is 0 Å². The standard InChI is InChI=1S/C12H25NO/c1-10-7-11(13-5-4-6-14)9-12(2,3)8-10/h10-11,13-14H,4-9H2,1-3H3/t10-,11-/m1/s1. The minimum absolute atomic E-state index is 0.304. The molecule has 0 spiro atoms. The highest BCUT2D eigenvalue weighted by Crippen LogP contribution is 2.38. The molecule has 1 fully saturated rings. The van der Waals surface area contributed by atoms with Gasteiger partial charge >= 0.3 is 0 Å². The van der Waals surface area contributed by atoms with Gasteiger partial charge in [0.2, 0.25) is 0 Å². The topological polar surface area (TPSA) is 32.3 Å². The van der Waals surface area contributed by atoms with Gasteiger partial charge in [-0.1, -0.05) is 20.8 Å². The number of aliphatic hydroxyl groups is 1. The number of rotatable bonds is 4. The molecule has 2 N–H and O–H groups in total. The Morgan fingerprint density at radius 1 is 1.36 bits per heavy atom. The van der Waals surface area contributed by atoms with Crippen LogP contribution in [0.4, 0.5) is 0 Å². The highest BCUT2D eigenvalue weighted by Gasteiger charge is 2.31. The number of aliphatic hydroxyl groups excluding tert-OH is 1. The molecular weight excluding hydrogens is 174 g/mol. The number of hydrogen-bond acceptors (Lipinski definition) is 2. The molecule has 14 heavy (non-hydrogen) atoms. The van der Waals surface area contributed by atoms with E-state index in [4.69, 9.17) is 5.11 Å². The van der Waals surface area contributed by atoms with Crippen molar-refractivity contribution in [3.8, 4) is 0 Å². The fraction of sp³-hybridized carbons (Fsp3) is 1.00. The molecule has 0 aromatic carbocycles. The van der Waals surface area contributed by atoms with Crippen molar-refractivity contribution in [2.24, 2.45) is 11.3 Å². The van der Waals surface area contributed by atoms with Gasteiger partial charge in [-0.3, -0.25) is 0 Å². The van der Waals surface area contributed by atoms with E-state index in [9.17, 15) is 0 Å². The van der Waals surface area contributed by atoms with E-state index >= 15 is 0 Å². The van der Waals surface area contributed by atoms with Crippen molar-refractivity contribution in [1.29, 1.82) is 0 Å². The maximum absolute atomic E-state index is 8.71. The fourth-order valence-electron chi connectivity index (χ4n) is 2.89. The van der Waals surface area contributed by atoms with Gasteiger partial charge in [0.15, 0.2) is 0 Å².